The standard InChI is InChI=1S/C27H25FN6O3S/c1-2-3-8-25-24(27(37-31-25)32-38(35,36)21-15-13-20(28)14-16-21)17-18-9-11-19(12-10-18)22-6-4-5-7-23(22)26-29-33-34-30-26/h4-7,9-16,32H,2-3,8,17H2,1H3,(H,29,30,33,34). The van der Waals surface area contributed by atoms with Crippen LogP contribution in [0.25, 0.3) is 22.5 Å². The first-order valence-corrected chi connectivity index (χ1v) is 13.6. The van der Waals surface area contributed by atoms with E-state index < -0.39 is 15.8 Å². The molecule has 2 heterocycles. The molecule has 2 N–H and O–H groups in total. The second-order valence-electron chi connectivity index (χ2n) is 8.77. The fraction of sp³-hybridized carbons (Fsp3) is 0.185. The van der Waals surface area contributed by atoms with Crippen molar-refractivity contribution in [1.82, 2.24) is 25.8 Å². The number of rotatable bonds is 10. The van der Waals surface area contributed by atoms with E-state index in [2.05, 4.69) is 37.4 Å². The third-order valence-electron chi connectivity index (χ3n) is 6.16. The van der Waals surface area contributed by atoms with Crippen LogP contribution in [-0.2, 0) is 22.9 Å². The van der Waals surface area contributed by atoms with Gasteiger partial charge in [0.2, 0.25) is 5.88 Å². The molecular formula is C27H25FN6O3S. The van der Waals surface area contributed by atoms with Gasteiger partial charge in [-0.3, -0.25) is 0 Å². The van der Waals surface area contributed by atoms with Gasteiger partial charge in [-0.05, 0) is 64.2 Å². The van der Waals surface area contributed by atoms with E-state index in [0.29, 0.717) is 29.9 Å². The van der Waals surface area contributed by atoms with Crippen molar-refractivity contribution in [1.29, 1.82) is 0 Å². The Kier molecular flexibility index (Phi) is 7.27. The number of H-pyrrole nitrogens is 1. The molecule has 0 aliphatic carbocycles. The number of aromatic amines is 1. The molecule has 0 aliphatic rings. The molecule has 0 bridgehead atoms. The van der Waals surface area contributed by atoms with Crippen LogP contribution in [0.15, 0.2) is 82.2 Å². The maximum absolute atomic E-state index is 13.3. The number of anilines is 1. The molecule has 0 saturated carbocycles. The molecule has 2 aromatic heterocycles. The molecule has 11 heteroatoms. The molecule has 0 fully saturated rings. The monoisotopic (exact) mass is 532 g/mol. The Labute approximate surface area is 219 Å². The Bertz CT molecular complexity index is 1620. The average molecular weight is 533 g/mol. The number of aromatic nitrogens is 5. The Hall–Kier alpha value is -4.38. The number of unbranched alkanes of at least 4 members (excludes halogenated alkanes) is 1. The molecule has 0 spiro atoms. The number of nitrogens with one attached hydrogen (secondary N) is 2. The number of nitrogens with zero attached hydrogens (tertiary/aromatic N) is 4. The summed E-state index contributed by atoms with van der Waals surface area (Å²) in [4.78, 5) is -0.0682. The maximum Gasteiger partial charge on any atom is 0.264 e. The van der Waals surface area contributed by atoms with E-state index in [0.717, 1.165) is 47.2 Å². The van der Waals surface area contributed by atoms with Crippen LogP contribution < -0.4 is 4.72 Å². The van der Waals surface area contributed by atoms with Gasteiger partial charge in [-0.25, -0.2) is 22.6 Å². The largest absolute Gasteiger partial charge is 0.337 e. The lowest BCUT2D eigenvalue weighted by Gasteiger charge is -2.10. The van der Waals surface area contributed by atoms with Gasteiger partial charge in [0, 0.05) is 17.5 Å². The van der Waals surface area contributed by atoms with E-state index in [1.807, 2.05) is 48.5 Å². The van der Waals surface area contributed by atoms with Crippen molar-refractivity contribution in [3.63, 3.8) is 0 Å². The Morgan fingerprint density at radius 2 is 1.71 bits per heavy atom. The fourth-order valence-corrected chi connectivity index (χ4v) is 5.18. The predicted molar refractivity (Wildman–Crippen MR) is 140 cm³/mol. The SMILES string of the molecule is CCCCc1noc(NS(=O)(=O)c2ccc(F)cc2)c1Cc1ccc(-c2ccccc2-c2nnn[nH]2)cc1. The van der Waals surface area contributed by atoms with Crippen molar-refractivity contribution < 1.29 is 17.3 Å². The molecule has 5 aromatic rings. The zero-order chi connectivity index (χ0) is 26.5. The Morgan fingerprint density at radius 3 is 2.39 bits per heavy atom. The highest BCUT2D eigenvalue weighted by Gasteiger charge is 2.23. The summed E-state index contributed by atoms with van der Waals surface area (Å²) in [6.07, 6.45) is 2.91. The third kappa shape index (κ3) is 5.47. The number of hydrogen-bond donors (Lipinski definition) is 2. The topological polar surface area (TPSA) is 127 Å². The molecule has 38 heavy (non-hydrogen) atoms. The lowest BCUT2D eigenvalue weighted by atomic mass is 9.96. The highest BCUT2D eigenvalue weighted by atomic mass is 32.2. The van der Waals surface area contributed by atoms with Crippen molar-refractivity contribution in [2.45, 2.75) is 37.5 Å². The zero-order valence-corrected chi connectivity index (χ0v) is 21.4. The number of benzene rings is 3. The molecular weight excluding hydrogens is 507 g/mol. The first-order valence-electron chi connectivity index (χ1n) is 12.1. The van der Waals surface area contributed by atoms with Crippen molar-refractivity contribution in [3.05, 3.63) is 95.4 Å². The van der Waals surface area contributed by atoms with E-state index in [4.69, 9.17) is 4.52 Å². The minimum absolute atomic E-state index is 0.0627. The van der Waals surface area contributed by atoms with E-state index in [9.17, 15) is 12.8 Å². The summed E-state index contributed by atoms with van der Waals surface area (Å²) < 4.78 is 47.1. The average Bonchev–Trinajstić information content (AvgIpc) is 3.59. The van der Waals surface area contributed by atoms with Crippen LogP contribution in [0, 0.1) is 5.82 Å². The van der Waals surface area contributed by atoms with Gasteiger partial charge in [0.1, 0.15) is 5.82 Å². The Balaban J connectivity index is 1.43. The van der Waals surface area contributed by atoms with Crippen LogP contribution >= 0.6 is 0 Å². The first kappa shape index (κ1) is 25.3. The quantitative estimate of drug-likeness (QED) is 0.247. The van der Waals surface area contributed by atoms with Crippen molar-refractivity contribution >= 4 is 15.9 Å². The van der Waals surface area contributed by atoms with Crippen molar-refractivity contribution in [3.8, 4) is 22.5 Å². The van der Waals surface area contributed by atoms with Crippen LogP contribution in [0.3, 0.4) is 0 Å². The molecule has 0 saturated heterocycles. The highest BCUT2D eigenvalue weighted by Crippen LogP contribution is 2.31. The maximum atomic E-state index is 13.3. The minimum Gasteiger partial charge on any atom is -0.337 e. The van der Waals surface area contributed by atoms with Gasteiger partial charge >= 0.3 is 0 Å². The van der Waals surface area contributed by atoms with E-state index in [1.54, 1.807) is 0 Å². The van der Waals surface area contributed by atoms with Gasteiger partial charge < -0.3 is 4.52 Å². The second kappa shape index (κ2) is 10.9. The summed E-state index contributed by atoms with van der Waals surface area (Å²) in [7, 11) is -3.99. The minimum atomic E-state index is -3.99. The summed E-state index contributed by atoms with van der Waals surface area (Å²) in [6.45, 7) is 2.07. The summed E-state index contributed by atoms with van der Waals surface area (Å²) in [6, 6.07) is 20.4. The van der Waals surface area contributed by atoms with Crippen LogP contribution in [0.4, 0.5) is 10.3 Å². The molecule has 9 nitrogen and oxygen atoms in total. The lowest BCUT2D eigenvalue weighted by Crippen LogP contribution is -2.14. The van der Waals surface area contributed by atoms with Crippen LogP contribution in [0.2, 0.25) is 0 Å². The lowest BCUT2D eigenvalue weighted by molar-refractivity contribution is 0.425. The molecule has 0 aliphatic heterocycles. The van der Waals surface area contributed by atoms with E-state index in [-0.39, 0.29) is 10.8 Å². The number of halogens is 1. The van der Waals surface area contributed by atoms with Gasteiger partial charge in [-0.15, -0.1) is 5.10 Å². The van der Waals surface area contributed by atoms with Crippen LogP contribution in [0.5, 0.6) is 0 Å². The van der Waals surface area contributed by atoms with Gasteiger partial charge in [-0.1, -0.05) is 67.0 Å². The van der Waals surface area contributed by atoms with E-state index in [1.165, 1.54) is 12.1 Å². The molecule has 0 radical (unpaired) electrons. The molecule has 0 amide bonds. The molecule has 0 unspecified atom stereocenters. The van der Waals surface area contributed by atoms with Crippen molar-refractivity contribution in [2.75, 3.05) is 4.72 Å². The Morgan fingerprint density at radius 1 is 0.974 bits per heavy atom. The van der Waals surface area contributed by atoms with Crippen LogP contribution in [-0.4, -0.2) is 34.2 Å². The molecule has 5 rings (SSSR count). The van der Waals surface area contributed by atoms with Crippen LogP contribution in [0.1, 0.15) is 36.6 Å². The fourth-order valence-electron chi connectivity index (χ4n) is 4.16. The third-order valence-corrected chi connectivity index (χ3v) is 7.51. The normalized spacial score (nSPS) is 11.5. The number of hydrogen-bond acceptors (Lipinski definition) is 7. The highest BCUT2D eigenvalue weighted by molar-refractivity contribution is 7.92. The summed E-state index contributed by atoms with van der Waals surface area (Å²) in [5.74, 6) is 0.121. The summed E-state index contributed by atoms with van der Waals surface area (Å²) in [5, 5.41) is 18.3. The molecule has 0 atom stereocenters. The van der Waals surface area contributed by atoms with Gasteiger partial charge in [0.05, 0.1) is 10.6 Å². The van der Waals surface area contributed by atoms with Gasteiger partial charge in [0.25, 0.3) is 10.0 Å². The van der Waals surface area contributed by atoms with Crippen molar-refractivity contribution in [2.24, 2.45) is 0 Å². The zero-order valence-electron chi connectivity index (χ0n) is 20.6. The number of tetrazole rings is 1. The molecule has 194 valence electrons. The second-order valence-corrected chi connectivity index (χ2v) is 10.5. The smallest absolute Gasteiger partial charge is 0.264 e. The number of aryl methyl sites for hydroxylation is 1. The predicted octanol–water partition coefficient (Wildman–Crippen LogP) is 5.40. The molecule has 3 aromatic carbocycles. The number of sulfonamides is 1. The summed E-state index contributed by atoms with van der Waals surface area (Å²) in [5.41, 5.74) is 5.16. The van der Waals surface area contributed by atoms with Gasteiger partial charge in [0.15, 0.2) is 5.82 Å². The van der Waals surface area contributed by atoms with E-state index >= 15 is 0 Å². The summed E-state index contributed by atoms with van der Waals surface area (Å²) >= 11 is 0. The first-order chi connectivity index (χ1) is 18.4. The van der Waals surface area contributed by atoms with Gasteiger partial charge in [-0.2, -0.15) is 0 Å².